The zero-order valence-corrected chi connectivity index (χ0v) is 21.3. The molecule has 0 saturated carbocycles. The number of ether oxygens (including phenoxy) is 3. The lowest BCUT2D eigenvalue weighted by molar-refractivity contribution is -0.120. The summed E-state index contributed by atoms with van der Waals surface area (Å²) >= 11 is 2.54. The Balaban J connectivity index is 1.59. The van der Waals surface area contributed by atoms with Gasteiger partial charge in [-0.25, -0.2) is 4.79 Å². The first-order chi connectivity index (χ1) is 16.9. The van der Waals surface area contributed by atoms with Crippen molar-refractivity contribution in [1.82, 2.24) is 10.2 Å². The Morgan fingerprint density at radius 1 is 1.09 bits per heavy atom. The number of amides is 1. The summed E-state index contributed by atoms with van der Waals surface area (Å²) in [5.74, 6) is 0.365. The average molecular weight is 520 g/mol. The maximum Gasteiger partial charge on any atom is 0.343 e. The minimum absolute atomic E-state index is 0.0661. The van der Waals surface area contributed by atoms with E-state index in [1.54, 1.807) is 6.07 Å². The van der Waals surface area contributed by atoms with Crippen LogP contribution in [0.3, 0.4) is 0 Å². The van der Waals surface area contributed by atoms with Crippen LogP contribution >= 0.6 is 23.1 Å². The second-order valence-electron chi connectivity index (χ2n) is 7.20. The maximum absolute atomic E-state index is 12.4. The topological polar surface area (TPSA) is 130 Å². The third-order valence-electron chi connectivity index (χ3n) is 5.01. The molecule has 1 N–H and O–H groups in total. The van der Waals surface area contributed by atoms with Gasteiger partial charge in [0.15, 0.2) is 15.8 Å². The predicted octanol–water partition coefficient (Wildman–Crippen LogP) is 4.39. The van der Waals surface area contributed by atoms with E-state index in [1.165, 1.54) is 55.5 Å². The van der Waals surface area contributed by atoms with Gasteiger partial charge in [0.25, 0.3) is 0 Å². The van der Waals surface area contributed by atoms with E-state index in [4.69, 9.17) is 18.6 Å². The van der Waals surface area contributed by atoms with Crippen LogP contribution < -0.4 is 25.0 Å². The summed E-state index contributed by atoms with van der Waals surface area (Å²) in [5.41, 5.74) is -0.318. The van der Waals surface area contributed by atoms with Crippen molar-refractivity contribution in [3.8, 4) is 17.2 Å². The molecular weight excluding hydrogens is 494 g/mol. The summed E-state index contributed by atoms with van der Waals surface area (Å²) < 4.78 is 21.6. The highest BCUT2D eigenvalue weighted by Gasteiger charge is 2.18. The number of nitrogens with one attached hydrogen (secondary N) is 1. The lowest BCUT2D eigenvalue weighted by Gasteiger charge is -2.09. The lowest BCUT2D eigenvalue weighted by Crippen LogP contribution is -2.21. The second kappa shape index (κ2) is 12.4. The molecule has 0 aliphatic heterocycles. The Morgan fingerprint density at radius 3 is 2.49 bits per heavy atom. The highest BCUT2D eigenvalue weighted by atomic mass is 32.2. The predicted molar refractivity (Wildman–Crippen MR) is 132 cm³/mol. The minimum atomic E-state index is -0.739. The van der Waals surface area contributed by atoms with Crippen LogP contribution in [0, 0.1) is 5.92 Å². The summed E-state index contributed by atoms with van der Waals surface area (Å²) in [7, 11) is 2.93. The Morgan fingerprint density at radius 2 is 1.83 bits per heavy atom. The van der Waals surface area contributed by atoms with Gasteiger partial charge in [-0.15, -0.1) is 10.2 Å². The summed E-state index contributed by atoms with van der Waals surface area (Å²) in [6, 6.07) is 5.77. The molecule has 0 radical (unpaired) electrons. The fourth-order valence-electron chi connectivity index (χ4n) is 3.03. The van der Waals surface area contributed by atoms with E-state index >= 15 is 0 Å². The largest absolute Gasteiger partial charge is 0.493 e. The molecule has 0 saturated heterocycles. The van der Waals surface area contributed by atoms with E-state index < -0.39 is 11.4 Å². The number of thioether (sulfide) groups is 1. The molecule has 0 aliphatic carbocycles. The lowest BCUT2D eigenvalue weighted by atomic mass is 10.0. The molecule has 1 aromatic carbocycles. The van der Waals surface area contributed by atoms with Crippen molar-refractivity contribution in [1.29, 1.82) is 0 Å². The molecule has 2 heterocycles. The van der Waals surface area contributed by atoms with Crippen LogP contribution in [-0.2, 0) is 10.5 Å². The van der Waals surface area contributed by atoms with Crippen LogP contribution in [0.5, 0.6) is 17.2 Å². The molecule has 0 bridgehead atoms. The van der Waals surface area contributed by atoms with E-state index in [1.807, 2.05) is 13.8 Å². The van der Waals surface area contributed by atoms with Crippen molar-refractivity contribution in [3.05, 3.63) is 52.1 Å². The van der Waals surface area contributed by atoms with Crippen molar-refractivity contribution in [2.75, 3.05) is 19.5 Å². The molecule has 186 valence electrons. The fraction of sp³-hybridized carbons (Fsp3) is 0.348. The molecule has 0 aliphatic rings. The number of anilines is 1. The van der Waals surface area contributed by atoms with Crippen LogP contribution in [0.25, 0.3) is 0 Å². The van der Waals surface area contributed by atoms with Gasteiger partial charge in [-0.2, -0.15) is 0 Å². The molecule has 0 spiro atoms. The number of nitrogens with zero attached hydrogens (tertiary/aromatic N) is 2. The average Bonchev–Trinajstić information content (AvgIpc) is 3.31. The van der Waals surface area contributed by atoms with Gasteiger partial charge in [-0.3, -0.25) is 9.59 Å². The van der Waals surface area contributed by atoms with Crippen molar-refractivity contribution >= 4 is 40.1 Å². The smallest absolute Gasteiger partial charge is 0.343 e. The van der Waals surface area contributed by atoms with Gasteiger partial charge in [0, 0.05) is 12.0 Å². The number of benzene rings is 1. The van der Waals surface area contributed by atoms with E-state index in [0.717, 1.165) is 19.1 Å². The number of carbonyl (C=O) groups is 2. The van der Waals surface area contributed by atoms with Crippen LogP contribution in [0.4, 0.5) is 5.13 Å². The Hall–Kier alpha value is -3.38. The monoisotopic (exact) mass is 519 g/mol. The van der Waals surface area contributed by atoms with Gasteiger partial charge < -0.3 is 23.9 Å². The fourth-order valence-corrected chi connectivity index (χ4v) is 4.67. The molecule has 0 unspecified atom stereocenters. The van der Waals surface area contributed by atoms with Crippen molar-refractivity contribution in [3.63, 3.8) is 0 Å². The first-order valence-electron chi connectivity index (χ1n) is 10.7. The standard InChI is InChI=1S/C23H25N3O7S2/c1-5-13(6-2)20(28)24-22-25-26-23(35-22)34-12-15-10-16(27)19(11-32-15)33-21(29)14-7-8-17(30-3)18(9-14)31-4/h7-11,13H,5-6,12H2,1-4H3,(H,24,25,28). The summed E-state index contributed by atoms with van der Waals surface area (Å²) in [4.78, 5) is 37.0. The highest BCUT2D eigenvalue weighted by Crippen LogP contribution is 2.30. The Labute approximate surface area is 210 Å². The Kier molecular flexibility index (Phi) is 9.26. The van der Waals surface area contributed by atoms with Gasteiger partial charge in [-0.05, 0) is 31.0 Å². The number of methoxy groups -OCH3 is 2. The summed E-state index contributed by atoms with van der Waals surface area (Å²) in [5, 5.41) is 11.2. The van der Waals surface area contributed by atoms with Crippen LogP contribution in [0.1, 0.15) is 42.8 Å². The van der Waals surface area contributed by atoms with Crippen LogP contribution in [-0.4, -0.2) is 36.3 Å². The number of rotatable bonds is 11. The summed E-state index contributed by atoms with van der Waals surface area (Å²) in [6.45, 7) is 3.93. The third kappa shape index (κ3) is 6.83. The molecule has 3 rings (SSSR count). The molecule has 12 heteroatoms. The van der Waals surface area contributed by atoms with Gasteiger partial charge in [-0.1, -0.05) is 36.9 Å². The van der Waals surface area contributed by atoms with Crippen LogP contribution in [0.15, 0.2) is 44.1 Å². The quantitative estimate of drug-likeness (QED) is 0.221. The number of esters is 1. The van der Waals surface area contributed by atoms with E-state index in [-0.39, 0.29) is 23.1 Å². The maximum atomic E-state index is 12.4. The van der Waals surface area contributed by atoms with Crippen LogP contribution in [0.2, 0.25) is 0 Å². The molecule has 3 aromatic rings. The number of hydrogen-bond donors (Lipinski definition) is 1. The van der Waals surface area contributed by atoms with Crippen molar-refractivity contribution in [2.45, 2.75) is 36.8 Å². The first kappa shape index (κ1) is 26.2. The number of hydrogen-bond acceptors (Lipinski definition) is 11. The minimum Gasteiger partial charge on any atom is -0.493 e. The van der Waals surface area contributed by atoms with Crippen molar-refractivity contribution < 1.29 is 28.2 Å². The Bertz CT molecular complexity index is 1240. The molecular formula is C23H25N3O7S2. The van der Waals surface area contributed by atoms with Crippen molar-refractivity contribution in [2.24, 2.45) is 5.92 Å². The highest BCUT2D eigenvalue weighted by molar-refractivity contribution is 8.00. The van der Waals surface area contributed by atoms with Gasteiger partial charge in [0.2, 0.25) is 22.2 Å². The molecule has 0 fully saturated rings. The molecule has 0 atom stereocenters. The zero-order valence-electron chi connectivity index (χ0n) is 19.7. The van der Waals surface area contributed by atoms with E-state index in [0.29, 0.717) is 32.5 Å². The normalized spacial score (nSPS) is 10.8. The van der Waals surface area contributed by atoms with Gasteiger partial charge >= 0.3 is 5.97 Å². The van der Waals surface area contributed by atoms with E-state index in [2.05, 4.69) is 15.5 Å². The molecule has 2 aromatic heterocycles. The zero-order chi connectivity index (χ0) is 25.4. The SMILES string of the molecule is CCC(CC)C(=O)Nc1nnc(SCc2cc(=O)c(OC(=O)c3ccc(OC)c(OC)c3)co2)s1. The molecule has 1 amide bonds. The number of carbonyl (C=O) groups excluding carboxylic acids is 2. The molecule has 35 heavy (non-hydrogen) atoms. The summed E-state index contributed by atoms with van der Waals surface area (Å²) in [6.07, 6.45) is 2.60. The van der Waals surface area contributed by atoms with Gasteiger partial charge in [0.05, 0.1) is 25.5 Å². The third-order valence-corrected chi connectivity index (χ3v) is 7.00. The number of aromatic nitrogens is 2. The molecule has 10 nitrogen and oxygen atoms in total. The van der Waals surface area contributed by atoms with E-state index in [9.17, 15) is 14.4 Å². The first-order valence-corrected chi connectivity index (χ1v) is 12.5. The second-order valence-corrected chi connectivity index (χ2v) is 9.40. The van der Waals surface area contributed by atoms with Gasteiger partial charge in [0.1, 0.15) is 12.0 Å².